The molecule has 2 aromatic rings. The van der Waals surface area contributed by atoms with E-state index >= 15 is 0 Å². The van der Waals surface area contributed by atoms with Gasteiger partial charge in [-0.3, -0.25) is 4.79 Å². The van der Waals surface area contributed by atoms with Crippen molar-refractivity contribution < 1.29 is 9.18 Å². The highest BCUT2D eigenvalue weighted by Crippen LogP contribution is 2.32. The lowest BCUT2D eigenvalue weighted by Crippen LogP contribution is -2.37. The number of aromatic nitrogens is 1. The van der Waals surface area contributed by atoms with Crippen LogP contribution in [0.4, 0.5) is 4.39 Å². The summed E-state index contributed by atoms with van der Waals surface area (Å²) in [5.74, 6) is -0.128. The monoisotopic (exact) mass is 274 g/mol. The first-order valence-electron chi connectivity index (χ1n) is 7.14. The Morgan fingerprint density at radius 1 is 1.45 bits per heavy atom. The molecular formula is C16H19FN2O. The van der Waals surface area contributed by atoms with Gasteiger partial charge in [0.25, 0.3) is 0 Å². The van der Waals surface area contributed by atoms with Gasteiger partial charge < -0.3 is 10.3 Å². The molecule has 0 spiro atoms. The van der Waals surface area contributed by atoms with Gasteiger partial charge in [0.05, 0.1) is 0 Å². The Bertz CT molecular complexity index is 660. The first-order valence-corrected chi connectivity index (χ1v) is 7.14. The Hall–Kier alpha value is -1.84. The molecule has 20 heavy (non-hydrogen) atoms. The third-order valence-corrected chi connectivity index (χ3v) is 3.95. The third kappa shape index (κ3) is 2.30. The van der Waals surface area contributed by atoms with Gasteiger partial charge in [0.2, 0.25) is 5.91 Å². The molecule has 0 bridgehead atoms. The second-order valence-corrected chi connectivity index (χ2v) is 5.88. The normalized spacial score (nSPS) is 18.3. The van der Waals surface area contributed by atoms with Gasteiger partial charge in [0.1, 0.15) is 5.82 Å². The van der Waals surface area contributed by atoms with Gasteiger partial charge in [-0.15, -0.1) is 0 Å². The SMILES string of the molecule is CC(C)NC(=O)C1CCc2[nH]c3ccc(F)cc3c2C1. The number of fused-ring (bicyclic) bond motifs is 3. The molecule has 106 valence electrons. The molecule has 0 fully saturated rings. The predicted octanol–water partition coefficient (Wildman–Crippen LogP) is 2.94. The van der Waals surface area contributed by atoms with E-state index in [1.807, 2.05) is 13.8 Å². The number of benzene rings is 1. The number of aryl methyl sites for hydroxylation is 1. The summed E-state index contributed by atoms with van der Waals surface area (Å²) in [6.07, 6.45) is 2.39. The van der Waals surface area contributed by atoms with E-state index < -0.39 is 0 Å². The molecule has 3 rings (SSSR count). The summed E-state index contributed by atoms with van der Waals surface area (Å²) in [5, 5.41) is 3.89. The molecule has 1 amide bonds. The Kier molecular flexibility index (Phi) is 3.24. The first-order chi connectivity index (χ1) is 9.54. The van der Waals surface area contributed by atoms with Gasteiger partial charge >= 0.3 is 0 Å². The van der Waals surface area contributed by atoms with Crippen LogP contribution >= 0.6 is 0 Å². The summed E-state index contributed by atoms with van der Waals surface area (Å²) in [4.78, 5) is 15.5. The van der Waals surface area contributed by atoms with E-state index in [9.17, 15) is 9.18 Å². The zero-order valence-corrected chi connectivity index (χ0v) is 11.8. The van der Waals surface area contributed by atoms with Crippen LogP contribution in [-0.2, 0) is 17.6 Å². The predicted molar refractivity (Wildman–Crippen MR) is 77.1 cm³/mol. The second-order valence-electron chi connectivity index (χ2n) is 5.88. The fourth-order valence-corrected chi connectivity index (χ4v) is 3.02. The van der Waals surface area contributed by atoms with Crippen LogP contribution in [0.5, 0.6) is 0 Å². The summed E-state index contributed by atoms with van der Waals surface area (Å²) >= 11 is 0. The number of nitrogens with one attached hydrogen (secondary N) is 2. The Labute approximate surface area is 117 Å². The Balaban J connectivity index is 1.92. The molecule has 0 saturated carbocycles. The summed E-state index contributed by atoms with van der Waals surface area (Å²) in [6.45, 7) is 3.93. The van der Waals surface area contributed by atoms with Gasteiger partial charge in [-0.05, 0) is 56.9 Å². The van der Waals surface area contributed by atoms with E-state index in [-0.39, 0.29) is 23.7 Å². The minimum Gasteiger partial charge on any atom is -0.358 e. The molecule has 0 radical (unpaired) electrons. The zero-order chi connectivity index (χ0) is 14.3. The number of amides is 1. The molecule has 0 aliphatic heterocycles. The van der Waals surface area contributed by atoms with E-state index in [4.69, 9.17) is 0 Å². The number of carbonyl (C=O) groups excluding carboxylic acids is 1. The fourth-order valence-electron chi connectivity index (χ4n) is 3.02. The molecule has 3 nitrogen and oxygen atoms in total. The maximum Gasteiger partial charge on any atom is 0.223 e. The highest BCUT2D eigenvalue weighted by molar-refractivity contribution is 5.87. The molecule has 1 unspecified atom stereocenters. The Morgan fingerprint density at radius 2 is 2.25 bits per heavy atom. The number of H-pyrrole nitrogens is 1. The van der Waals surface area contributed by atoms with Crippen LogP contribution in [0.3, 0.4) is 0 Å². The topological polar surface area (TPSA) is 44.9 Å². The summed E-state index contributed by atoms with van der Waals surface area (Å²) < 4.78 is 13.4. The molecule has 1 aliphatic rings. The lowest BCUT2D eigenvalue weighted by molar-refractivity contribution is -0.125. The minimum atomic E-state index is -0.229. The van der Waals surface area contributed by atoms with Crippen LogP contribution in [0.2, 0.25) is 0 Å². The van der Waals surface area contributed by atoms with Crippen molar-refractivity contribution >= 4 is 16.8 Å². The number of hydrogen-bond donors (Lipinski definition) is 2. The van der Waals surface area contributed by atoms with Gasteiger partial charge in [-0.1, -0.05) is 0 Å². The van der Waals surface area contributed by atoms with Crippen LogP contribution in [0.1, 0.15) is 31.5 Å². The van der Waals surface area contributed by atoms with Crippen molar-refractivity contribution in [1.29, 1.82) is 0 Å². The average Bonchev–Trinajstić information content (AvgIpc) is 2.75. The molecular weight excluding hydrogens is 255 g/mol. The van der Waals surface area contributed by atoms with Crippen molar-refractivity contribution in [3.05, 3.63) is 35.3 Å². The van der Waals surface area contributed by atoms with Crippen molar-refractivity contribution in [3.63, 3.8) is 0 Å². The lowest BCUT2D eigenvalue weighted by atomic mass is 9.85. The van der Waals surface area contributed by atoms with Crippen LogP contribution < -0.4 is 5.32 Å². The van der Waals surface area contributed by atoms with Crippen molar-refractivity contribution in [1.82, 2.24) is 10.3 Å². The molecule has 1 aliphatic carbocycles. The molecule has 0 saturated heterocycles. The maximum absolute atomic E-state index is 13.4. The highest BCUT2D eigenvalue weighted by Gasteiger charge is 2.27. The number of halogens is 1. The number of carbonyl (C=O) groups is 1. The first kappa shape index (κ1) is 13.2. The minimum absolute atomic E-state index is 0.00725. The van der Waals surface area contributed by atoms with Crippen molar-refractivity contribution in [2.45, 2.75) is 39.2 Å². The van der Waals surface area contributed by atoms with Crippen molar-refractivity contribution in [2.75, 3.05) is 0 Å². The van der Waals surface area contributed by atoms with Gasteiger partial charge in [0.15, 0.2) is 0 Å². The largest absolute Gasteiger partial charge is 0.358 e. The second kappa shape index (κ2) is 4.93. The number of aromatic amines is 1. The van der Waals surface area contributed by atoms with Crippen LogP contribution in [0.15, 0.2) is 18.2 Å². The molecule has 1 atom stereocenters. The van der Waals surface area contributed by atoms with Crippen molar-refractivity contribution in [2.24, 2.45) is 5.92 Å². The number of hydrogen-bond acceptors (Lipinski definition) is 1. The van der Waals surface area contributed by atoms with Crippen molar-refractivity contribution in [3.8, 4) is 0 Å². The molecule has 1 aromatic carbocycles. The van der Waals surface area contributed by atoms with Crippen LogP contribution in [-0.4, -0.2) is 16.9 Å². The molecule has 4 heteroatoms. The number of rotatable bonds is 2. The lowest BCUT2D eigenvalue weighted by Gasteiger charge is -2.22. The fraction of sp³-hybridized carbons (Fsp3) is 0.438. The van der Waals surface area contributed by atoms with Gasteiger partial charge in [-0.25, -0.2) is 4.39 Å². The smallest absolute Gasteiger partial charge is 0.223 e. The van der Waals surface area contributed by atoms with Gasteiger partial charge in [0, 0.05) is 28.6 Å². The third-order valence-electron chi connectivity index (χ3n) is 3.95. The van der Waals surface area contributed by atoms with E-state index in [0.29, 0.717) is 6.42 Å². The average molecular weight is 274 g/mol. The van der Waals surface area contributed by atoms with E-state index in [0.717, 1.165) is 35.0 Å². The van der Waals surface area contributed by atoms with E-state index in [1.54, 1.807) is 12.1 Å². The summed E-state index contributed by atoms with van der Waals surface area (Å²) in [7, 11) is 0. The van der Waals surface area contributed by atoms with E-state index in [1.165, 1.54) is 6.07 Å². The maximum atomic E-state index is 13.4. The summed E-state index contributed by atoms with van der Waals surface area (Å²) in [5.41, 5.74) is 3.22. The van der Waals surface area contributed by atoms with E-state index in [2.05, 4.69) is 10.3 Å². The quantitative estimate of drug-likeness (QED) is 0.869. The van der Waals surface area contributed by atoms with Crippen LogP contribution in [0, 0.1) is 11.7 Å². The zero-order valence-electron chi connectivity index (χ0n) is 11.8. The molecule has 2 N–H and O–H groups in total. The standard InChI is InChI=1S/C16H19FN2O/c1-9(2)18-16(20)10-3-5-14-12(7-10)13-8-11(17)4-6-15(13)19-14/h4,6,8-10,19H,3,5,7H2,1-2H3,(H,18,20). The molecule has 1 aromatic heterocycles. The highest BCUT2D eigenvalue weighted by atomic mass is 19.1. The van der Waals surface area contributed by atoms with Gasteiger partial charge in [-0.2, -0.15) is 0 Å². The Morgan fingerprint density at radius 3 is 3.00 bits per heavy atom. The molecule has 1 heterocycles. The summed E-state index contributed by atoms with van der Waals surface area (Å²) in [6, 6.07) is 4.96. The van der Waals surface area contributed by atoms with Crippen LogP contribution in [0.25, 0.3) is 10.9 Å².